The third kappa shape index (κ3) is 6.33. The van der Waals surface area contributed by atoms with E-state index < -0.39 is 30.5 Å². The molecular weight excluding hydrogens is 416 g/mol. The molecule has 1 fully saturated rings. The number of hydrogen-bond acceptors (Lipinski definition) is 3. The molecule has 0 amide bonds. The van der Waals surface area contributed by atoms with E-state index in [0.717, 1.165) is 24.3 Å². The molecular formula is C14H17Cl2F7N2O. The van der Waals surface area contributed by atoms with Gasteiger partial charge in [-0.1, -0.05) is 12.1 Å². The molecule has 1 aliphatic heterocycles. The summed E-state index contributed by atoms with van der Waals surface area (Å²) in [5, 5.41) is 2.93. The van der Waals surface area contributed by atoms with E-state index in [0.29, 0.717) is 13.1 Å². The lowest BCUT2D eigenvalue weighted by Crippen LogP contribution is -2.49. The van der Waals surface area contributed by atoms with Crippen molar-refractivity contribution in [1.29, 1.82) is 0 Å². The van der Waals surface area contributed by atoms with Crippen molar-refractivity contribution < 1.29 is 35.5 Å². The van der Waals surface area contributed by atoms with Gasteiger partial charge in [-0.15, -0.1) is 24.8 Å². The van der Waals surface area contributed by atoms with E-state index in [4.69, 9.17) is 0 Å². The lowest BCUT2D eigenvalue weighted by molar-refractivity contribution is -0.253. The SMILES string of the molecule is Cl.Cl.FC(F)C(F)(F)Oc1ccc([C@H](N2CCNCC2)C(F)(F)F)cc1. The normalized spacial score (nSPS) is 17.2. The summed E-state index contributed by atoms with van der Waals surface area (Å²) < 4.78 is 93.7. The average molecular weight is 433 g/mol. The van der Waals surface area contributed by atoms with Gasteiger partial charge in [-0.05, 0) is 17.7 Å². The molecule has 0 aliphatic carbocycles. The Morgan fingerprint density at radius 2 is 1.42 bits per heavy atom. The van der Waals surface area contributed by atoms with E-state index in [2.05, 4.69) is 10.1 Å². The van der Waals surface area contributed by atoms with Crippen molar-refractivity contribution in [2.45, 2.75) is 24.8 Å². The van der Waals surface area contributed by atoms with E-state index in [9.17, 15) is 30.7 Å². The third-order valence-electron chi connectivity index (χ3n) is 3.53. The van der Waals surface area contributed by atoms with Crippen LogP contribution in [0.3, 0.4) is 0 Å². The number of rotatable bonds is 5. The third-order valence-corrected chi connectivity index (χ3v) is 3.53. The number of ether oxygens (including phenoxy) is 1. The number of alkyl halides is 7. The quantitative estimate of drug-likeness (QED) is 0.703. The first kappa shape index (κ1) is 25.0. The highest BCUT2D eigenvalue weighted by Crippen LogP contribution is 2.38. The summed E-state index contributed by atoms with van der Waals surface area (Å²) in [5.41, 5.74) is -0.169. The molecule has 0 unspecified atom stereocenters. The van der Waals surface area contributed by atoms with Gasteiger partial charge in [-0.2, -0.15) is 30.7 Å². The first-order valence-electron chi connectivity index (χ1n) is 7.07. The zero-order valence-electron chi connectivity index (χ0n) is 13.1. The van der Waals surface area contributed by atoms with Crippen LogP contribution in [0.25, 0.3) is 0 Å². The van der Waals surface area contributed by atoms with Gasteiger partial charge < -0.3 is 10.1 Å². The minimum absolute atomic E-state index is 0. The van der Waals surface area contributed by atoms with Crippen molar-refractivity contribution in [2.24, 2.45) is 0 Å². The van der Waals surface area contributed by atoms with Gasteiger partial charge >= 0.3 is 18.7 Å². The zero-order valence-corrected chi connectivity index (χ0v) is 14.7. The summed E-state index contributed by atoms with van der Waals surface area (Å²) in [4.78, 5) is 1.22. The second-order valence-electron chi connectivity index (χ2n) is 5.26. The monoisotopic (exact) mass is 432 g/mol. The zero-order chi connectivity index (χ0) is 18.0. The lowest BCUT2D eigenvalue weighted by Gasteiger charge is -2.36. The Balaban J connectivity index is 0.00000312. The van der Waals surface area contributed by atoms with E-state index in [-0.39, 0.29) is 43.5 Å². The van der Waals surface area contributed by atoms with Gasteiger partial charge in [0.25, 0.3) is 0 Å². The van der Waals surface area contributed by atoms with Crippen molar-refractivity contribution in [3.05, 3.63) is 29.8 Å². The molecule has 0 spiro atoms. The van der Waals surface area contributed by atoms with Gasteiger partial charge in [0.05, 0.1) is 0 Å². The number of nitrogens with zero attached hydrogens (tertiary/aromatic N) is 1. The molecule has 0 saturated carbocycles. The van der Waals surface area contributed by atoms with Crippen LogP contribution in [0.1, 0.15) is 11.6 Å². The number of nitrogens with one attached hydrogen (secondary N) is 1. The fourth-order valence-corrected chi connectivity index (χ4v) is 2.47. The van der Waals surface area contributed by atoms with Gasteiger partial charge in [-0.3, -0.25) is 4.90 Å². The fourth-order valence-electron chi connectivity index (χ4n) is 2.47. The van der Waals surface area contributed by atoms with Crippen molar-refractivity contribution in [3.8, 4) is 5.75 Å². The largest absolute Gasteiger partial charge is 0.461 e. The van der Waals surface area contributed by atoms with Crippen LogP contribution in [-0.4, -0.2) is 49.8 Å². The molecule has 1 aromatic rings. The van der Waals surface area contributed by atoms with Gasteiger partial charge in [0.1, 0.15) is 11.8 Å². The van der Waals surface area contributed by atoms with E-state index >= 15 is 0 Å². The standard InChI is InChI=1S/C14H15F7N2O.2ClH/c15-12(16)14(20,21)24-10-3-1-9(2-4-10)11(13(17,18)19)23-7-5-22-6-8-23;;/h1-4,11-12,22H,5-8H2;2*1H/t11-;;/m0../s1. The molecule has 1 aliphatic rings. The van der Waals surface area contributed by atoms with Crippen LogP contribution < -0.4 is 10.1 Å². The molecule has 26 heavy (non-hydrogen) atoms. The fraction of sp³-hybridized carbons (Fsp3) is 0.571. The topological polar surface area (TPSA) is 24.5 Å². The van der Waals surface area contributed by atoms with Crippen LogP contribution in [0.2, 0.25) is 0 Å². The Morgan fingerprint density at radius 1 is 0.923 bits per heavy atom. The molecule has 12 heteroatoms. The lowest BCUT2D eigenvalue weighted by atomic mass is 10.0. The molecule has 1 N–H and O–H groups in total. The van der Waals surface area contributed by atoms with Crippen LogP contribution >= 0.6 is 24.8 Å². The molecule has 0 radical (unpaired) electrons. The van der Waals surface area contributed by atoms with Crippen LogP contribution in [-0.2, 0) is 0 Å². The predicted octanol–water partition coefficient (Wildman–Crippen LogP) is 4.28. The molecule has 0 aromatic heterocycles. The summed E-state index contributed by atoms with van der Waals surface area (Å²) in [6.45, 7) is 1.14. The molecule has 0 bridgehead atoms. The molecule has 1 atom stereocenters. The summed E-state index contributed by atoms with van der Waals surface area (Å²) >= 11 is 0. The van der Waals surface area contributed by atoms with Gasteiger partial charge in [0.15, 0.2) is 0 Å². The number of piperazine rings is 1. The van der Waals surface area contributed by atoms with Crippen molar-refractivity contribution in [3.63, 3.8) is 0 Å². The predicted molar refractivity (Wildman–Crippen MR) is 85.8 cm³/mol. The first-order chi connectivity index (χ1) is 11.1. The van der Waals surface area contributed by atoms with E-state index in [1.54, 1.807) is 0 Å². The molecule has 1 saturated heterocycles. The van der Waals surface area contributed by atoms with E-state index in [1.807, 2.05) is 0 Å². The molecule has 2 rings (SSSR count). The van der Waals surface area contributed by atoms with Crippen LogP contribution in [0, 0.1) is 0 Å². The number of benzene rings is 1. The Labute approximate surface area is 157 Å². The second-order valence-corrected chi connectivity index (χ2v) is 5.26. The average Bonchev–Trinajstić information content (AvgIpc) is 2.48. The smallest absolute Gasteiger partial charge is 0.428 e. The van der Waals surface area contributed by atoms with E-state index in [1.165, 1.54) is 4.90 Å². The van der Waals surface area contributed by atoms with Gasteiger partial charge in [-0.25, -0.2) is 0 Å². The highest BCUT2D eigenvalue weighted by molar-refractivity contribution is 5.85. The molecule has 152 valence electrons. The number of hydrogen-bond donors (Lipinski definition) is 1. The van der Waals surface area contributed by atoms with Crippen molar-refractivity contribution >= 4 is 24.8 Å². The summed E-state index contributed by atoms with van der Waals surface area (Å²) in [7, 11) is 0. The Bertz CT molecular complexity index is 537. The second kappa shape index (κ2) is 9.82. The Hall–Kier alpha value is -0.970. The minimum Gasteiger partial charge on any atom is -0.428 e. The number of halogens is 9. The van der Waals surface area contributed by atoms with Crippen LogP contribution in [0.5, 0.6) is 5.75 Å². The summed E-state index contributed by atoms with van der Waals surface area (Å²) in [5.74, 6) is -0.634. The van der Waals surface area contributed by atoms with Gasteiger partial charge in [0.2, 0.25) is 0 Å². The molecule has 3 nitrogen and oxygen atoms in total. The van der Waals surface area contributed by atoms with Crippen LogP contribution in [0.4, 0.5) is 30.7 Å². The maximum atomic E-state index is 13.4. The van der Waals surface area contributed by atoms with Crippen LogP contribution in [0.15, 0.2) is 24.3 Å². The highest BCUT2D eigenvalue weighted by atomic mass is 35.5. The van der Waals surface area contributed by atoms with Crippen molar-refractivity contribution in [1.82, 2.24) is 10.2 Å². The Morgan fingerprint density at radius 3 is 1.85 bits per heavy atom. The summed E-state index contributed by atoms with van der Waals surface area (Å²) in [6.07, 6.45) is -13.3. The maximum absolute atomic E-state index is 13.4. The molecule has 1 heterocycles. The minimum atomic E-state index is -4.70. The maximum Gasteiger partial charge on any atom is 0.461 e. The Kier molecular flexibility index (Phi) is 9.45. The van der Waals surface area contributed by atoms with Gasteiger partial charge in [0, 0.05) is 26.2 Å². The highest BCUT2D eigenvalue weighted by Gasteiger charge is 2.46. The molecule has 1 aromatic carbocycles. The first-order valence-corrected chi connectivity index (χ1v) is 7.07. The summed E-state index contributed by atoms with van der Waals surface area (Å²) in [6, 6.07) is 1.66. The van der Waals surface area contributed by atoms with Crippen molar-refractivity contribution in [2.75, 3.05) is 26.2 Å².